The molecule has 0 amide bonds. The number of nitrogens with zero attached hydrogens (tertiary/aromatic N) is 4. The fourth-order valence-electron chi connectivity index (χ4n) is 1.74. The van der Waals surface area contributed by atoms with Gasteiger partial charge in [0.05, 0.1) is 24.2 Å². The average molecular weight is 305 g/mol. The molecule has 9 heteroatoms. The summed E-state index contributed by atoms with van der Waals surface area (Å²) in [5, 5.41) is 11.0. The highest BCUT2D eigenvalue weighted by Gasteiger charge is 2.26. The Morgan fingerprint density at radius 3 is 2.75 bits per heavy atom. The second kappa shape index (κ2) is 7.93. The summed E-state index contributed by atoms with van der Waals surface area (Å²) in [6.07, 6.45) is 1.10. The zero-order chi connectivity index (χ0) is 15.1. The van der Waals surface area contributed by atoms with Gasteiger partial charge in [0.2, 0.25) is 11.1 Å². The largest absolute Gasteiger partial charge is 0.383 e. The lowest BCUT2D eigenvalue weighted by Crippen LogP contribution is -2.39. The summed E-state index contributed by atoms with van der Waals surface area (Å²) in [7, 11) is 3.12. The van der Waals surface area contributed by atoms with Crippen LogP contribution in [-0.2, 0) is 9.47 Å². The van der Waals surface area contributed by atoms with Crippen LogP contribution in [0.15, 0.2) is 6.20 Å². The van der Waals surface area contributed by atoms with Gasteiger partial charge in [0.25, 0.3) is 0 Å². The van der Waals surface area contributed by atoms with Crippen molar-refractivity contribution in [1.82, 2.24) is 9.97 Å². The molecule has 1 aromatic heterocycles. The van der Waals surface area contributed by atoms with E-state index in [0.29, 0.717) is 19.8 Å². The molecule has 0 bridgehead atoms. The number of nitro groups is 1. The van der Waals surface area contributed by atoms with Crippen LogP contribution in [0.1, 0.15) is 6.92 Å². The SMILES string of the molecule is COCCN(c1nc(Cl)ncc1[N+](=O)[O-])C(C)COC. The van der Waals surface area contributed by atoms with Crippen molar-refractivity contribution in [1.29, 1.82) is 0 Å². The smallest absolute Gasteiger partial charge is 0.329 e. The van der Waals surface area contributed by atoms with E-state index in [1.54, 1.807) is 19.1 Å². The van der Waals surface area contributed by atoms with Crippen molar-refractivity contribution in [2.45, 2.75) is 13.0 Å². The monoisotopic (exact) mass is 304 g/mol. The maximum atomic E-state index is 11.1. The van der Waals surface area contributed by atoms with Gasteiger partial charge in [-0.15, -0.1) is 0 Å². The Morgan fingerprint density at radius 1 is 1.50 bits per heavy atom. The Labute approximate surface area is 121 Å². The Morgan fingerprint density at radius 2 is 2.20 bits per heavy atom. The first-order valence-electron chi connectivity index (χ1n) is 5.92. The fraction of sp³-hybridized carbons (Fsp3) is 0.636. The molecule has 1 heterocycles. The van der Waals surface area contributed by atoms with E-state index in [1.807, 2.05) is 6.92 Å². The molecular formula is C11H17ClN4O4. The maximum Gasteiger partial charge on any atom is 0.329 e. The van der Waals surface area contributed by atoms with E-state index in [1.165, 1.54) is 0 Å². The number of ether oxygens (including phenoxy) is 2. The Hall–Kier alpha value is -1.51. The number of aromatic nitrogens is 2. The van der Waals surface area contributed by atoms with Crippen LogP contribution in [0.5, 0.6) is 0 Å². The van der Waals surface area contributed by atoms with E-state index in [0.717, 1.165) is 6.20 Å². The normalized spacial score (nSPS) is 12.2. The van der Waals surface area contributed by atoms with Crippen molar-refractivity contribution in [2.24, 2.45) is 0 Å². The highest BCUT2D eigenvalue weighted by molar-refractivity contribution is 6.28. The minimum Gasteiger partial charge on any atom is -0.383 e. The van der Waals surface area contributed by atoms with Gasteiger partial charge in [-0.05, 0) is 18.5 Å². The Balaban J connectivity index is 3.16. The summed E-state index contributed by atoms with van der Waals surface area (Å²) in [6.45, 7) is 3.09. The molecule has 112 valence electrons. The number of anilines is 1. The molecule has 0 saturated carbocycles. The molecule has 0 radical (unpaired) electrons. The third-order valence-corrected chi connectivity index (χ3v) is 2.85. The van der Waals surface area contributed by atoms with E-state index in [2.05, 4.69) is 9.97 Å². The van der Waals surface area contributed by atoms with E-state index < -0.39 is 4.92 Å². The lowest BCUT2D eigenvalue weighted by Gasteiger charge is -2.29. The van der Waals surface area contributed by atoms with Gasteiger partial charge in [-0.25, -0.2) is 4.98 Å². The lowest BCUT2D eigenvalue weighted by atomic mass is 10.2. The zero-order valence-corrected chi connectivity index (χ0v) is 12.3. The van der Waals surface area contributed by atoms with Crippen LogP contribution >= 0.6 is 11.6 Å². The second-order valence-electron chi connectivity index (χ2n) is 4.10. The third-order valence-electron chi connectivity index (χ3n) is 2.67. The van der Waals surface area contributed by atoms with Crippen molar-refractivity contribution in [3.05, 3.63) is 21.6 Å². The first kappa shape index (κ1) is 16.5. The van der Waals surface area contributed by atoms with E-state index in [9.17, 15) is 10.1 Å². The van der Waals surface area contributed by atoms with Crippen molar-refractivity contribution in [2.75, 3.05) is 38.9 Å². The molecule has 0 N–H and O–H groups in total. The van der Waals surface area contributed by atoms with E-state index in [-0.39, 0.29) is 22.8 Å². The van der Waals surface area contributed by atoms with Crippen LogP contribution in [0.3, 0.4) is 0 Å². The van der Waals surface area contributed by atoms with Crippen molar-refractivity contribution < 1.29 is 14.4 Å². The zero-order valence-electron chi connectivity index (χ0n) is 11.6. The Kier molecular flexibility index (Phi) is 6.56. The van der Waals surface area contributed by atoms with Gasteiger partial charge in [-0.3, -0.25) is 10.1 Å². The van der Waals surface area contributed by atoms with Gasteiger partial charge in [-0.2, -0.15) is 4.98 Å². The van der Waals surface area contributed by atoms with Crippen LogP contribution in [-0.4, -0.2) is 54.9 Å². The molecule has 0 aliphatic carbocycles. The molecule has 0 fully saturated rings. The fourth-order valence-corrected chi connectivity index (χ4v) is 1.87. The van der Waals surface area contributed by atoms with Gasteiger partial charge >= 0.3 is 5.69 Å². The highest BCUT2D eigenvalue weighted by Crippen LogP contribution is 2.27. The van der Waals surface area contributed by atoms with Crippen molar-refractivity contribution in [3.63, 3.8) is 0 Å². The summed E-state index contributed by atoms with van der Waals surface area (Å²) >= 11 is 5.75. The molecule has 0 aromatic carbocycles. The van der Waals surface area contributed by atoms with Crippen LogP contribution in [0, 0.1) is 10.1 Å². The second-order valence-corrected chi connectivity index (χ2v) is 4.43. The summed E-state index contributed by atoms with van der Waals surface area (Å²) in [5.41, 5.74) is -0.201. The quantitative estimate of drug-likeness (QED) is 0.408. The van der Waals surface area contributed by atoms with Crippen LogP contribution < -0.4 is 4.90 Å². The number of rotatable bonds is 8. The van der Waals surface area contributed by atoms with Gasteiger partial charge in [0.1, 0.15) is 6.20 Å². The molecule has 0 aliphatic rings. The molecule has 1 aromatic rings. The van der Waals surface area contributed by atoms with Gasteiger partial charge in [-0.1, -0.05) is 0 Å². The molecule has 0 saturated heterocycles. The first-order valence-corrected chi connectivity index (χ1v) is 6.30. The van der Waals surface area contributed by atoms with Crippen LogP contribution in [0.2, 0.25) is 5.28 Å². The molecule has 1 atom stereocenters. The predicted octanol–water partition coefficient (Wildman–Crippen LogP) is 1.53. The molecule has 8 nitrogen and oxygen atoms in total. The van der Waals surface area contributed by atoms with Gasteiger partial charge in [0.15, 0.2) is 0 Å². The highest BCUT2D eigenvalue weighted by atomic mass is 35.5. The van der Waals surface area contributed by atoms with Crippen molar-refractivity contribution >= 4 is 23.1 Å². The minimum atomic E-state index is -0.537. The van der Waals surface area contributed by atoms with E-state index >= 15 is 0 Å². The van der Waals surface area contributed by atoms with Gasteiger partial charge < -0.3 is 14.4 Å². The molecule has 1 rings (SSSR count). The molecule has 0 spiro atoms. The summed E-state index contributed by atoms with van der Waals surface area (Å²) in [4.78, 5) is 19.9. The molecule has 1 unspecified atom stereocenters. The van der Waals surface area contributed by atoms with Crippen LogP contribution in [0.25, 0.3) is 0 Å². The summed E-state index contributed by atoms with van der Waals surface area (Å²) in [5.74, 6) is 0.164. The molecule has 0 aliphatic heterocycles. The predicted molar refractivity (Wildman–Crippen MR) is 74.3 cm³/mol. The number of hydrogen-bond donors (Lipinski definition) is 0. The summed E-state index contributed by atoms with van der Waals surface area (Å²) in [6, 6.07) is -0.125. The van der Waals surface area contributed by atoms with E-state index in [4.69, 9.17) is 21.1 Å². The van der Waals surface area contributed by atoms with Gasteiger partial charge in [0, 0.05) is 20.8 Å². The standard InChI is InChI=1S/C11H17ClN4O4/c1-8(7-20-3)15(4-5-19-2)10-9(16(17)18)6-13-11(12)14-10/h6,8H,4-5,7H2,1-3H3. The maximum absolute atomic E-state index is 11.1. The third kappa shape index (κ3) is 4.26. The number of halogens is 1. The average Bonchev–Trinajstić information content (AvgIpc) is 2.39. The molecule has 20 heavy (non-hydrogen) atoms. The topological polar surface area (TPSA) is 90.6 Å². The molecular weight excluding hydrogens is 288 g/mol. The van der Waals surface area contributed by atoms with Crippen molar-refractivity contribution in [3.8, 4) is 0 Å². The first-order chi connectivity index (χ1) is 9.51. The number of methoxy groups -OCH3 is 2. The van der Waals surface area contributed by atoms with Crippen LogP contribution in [0.4, 0.5) is 11.5 Å². The number of hydrogen-bond acceptors (Lipinski definition) is 7. The Bertz CT molecular complexity index is 460. The summed E-state index contributed by atoms with van der Waals surface area (Å²) < 4.78 is 10.1. The minimum absolute atomic E-state index is 0.0439. The lowest BCUT2D eigenvalue weighted by molar-refractivity contribution is -0.384.